The van der Waals surface area contributed by atoms with E-state index in [4.69, 9.17) is 9.72 Å². The number of methoxy groups -OCH3 is 1. The van der Waals surface area contributed by atoms with Crippen molar-refractivity contribution < 1.29 is 14.5 Å². The molecule has 0 aliphatic carbocycles. The molecule has 0 bridgehead atoms. The lowest BCUT2D eigenvalue weighted by atomic mass is 10.1. The van der Waals surface area contributed by atoms with Crippen LogP contribution in [0.1, 0.15) is 16.1 Å². The van der Waals surface area contributed by atoms with Crippen LogP contribution >= 0.6 is 11.3 Å². The summed E-state index contributed by atoms with van der Waals surface area (Å²) in [6.45, 7) is 3.23. The van der Waals surface area contributed by atoms with Crippen LogP contribution in [-0.2, 0) is 6.54 Å². The van der Waals surface area contributed by atoms with Gasteiger partial charge < -0.3 is 9.64 Å². The first-order valence-electron chi connectivity index (χ1n) is 9.89. The highest BCUT2D eigenvalue weighted by Gasteiger charge is 2.26. The van der Waals surface area contributed by atoms with Crippen molar-refractivity contribution in [1.82, 2.24) is 14.8 Å². The number of rotatable bonds is 6. The Morgan fingerprint density at radius 3 is 2.58 bits per heavy atom. The third-order valence-electron chi connectivity index (χ3n) is 5.24. The van der Waals surface area contributed by atoms with Gasteiger partial charge in [0.15, 0.2) is 0 Å². The highest BCUT2D eigenvalue weighted by Crippen LogP contribution is 2.27. The lowest BCUT2D eigenvalue weighted by Gasteiger charge is -2.34. The van der Waals surface area contributed by atoms with E-state index in [1.54, 1.807) is 16.2 Å². The number of thiazole rings is 1. The average molecular weight is 439 g/mol. The molecule has 0 N–H and O–H groups in total. The van der Waals surface area contributed by atoms with E-state index in [0.29, 0.717) is 31.9 Å². The number of benzene rings is 2. The summed E-state index contributed by atoms with van der Waals surface area (Å²) in [4.78, 5) is 32.3. The molecule has 0 saturated carbocycles. The van der Waals surface area contributed by atoms with Crippen LogP contribution in [-0.4, -0.2) is 58.9 Å². The van der Waals surface area contributed by atoms with Crippen LogP contribution in [0.4, 0.5) is 5.69 Å². The van der Waals surface area contributed by atoms with Crippen LogP contribution in [0.2, 0.25) is 0 Å². The minimum Gasteiger partial charge on any atom is -0.496 e. The highest BCUT2D eigenvalue weighted by atomic mass is 32.1. The van der Waals surface area contributed by atoms with E-state index in [9.17, 15) is 14.9 Å². The molecule has 1 saturated heterocycles. The summed E-state index contributed by atoms with van der Waals surface area (Å²) in [7, 11) is 1.45. The number of ether oxygens (including phenoxy) is 1. The zero-order chi connectivity index (χ0) is 21.8. The van der Waals surface area contributed by atoms with Gasteiger partial charge in [0.1, 0.15) is 10.8 Å². The van der Waals surface area contributed by atoms with Gasteiger partial charge in [0.2, 0.25) is 0 Å². The first kappa shape index (κ1) is 21.0. The standard InChI is InChI=1S/C22H22N4O4S/c1-30-20-8-7-18(26(28)29)13-19(20)22(27)25-11-9-24(10-12-25)14-17-15-31-21(23-17)16-5-3-2-4-6-16/h2-8,13,15H,9-12,14H2,1H3. The molecular formula is C22H22N4O4S. The second-order valence-corrected chi connectivity index (χ2v) is 8.08. The van der Waals surface area contributed by atoms with E-state index >= 15 is 0 Å². The number of carbonyl (C=O) groups excluding carboxylic acids is 1. The molecular weight excluding hydrogens is 416 g/mol. The molecule has 1 amide bonds. The summed E-state index contributed by atoms with van der Waals surface area (Å²) in [5.41, 5.74) is 2.22. The molecule has 9 heteroatoms. The largest absolute Gasteiger partial charge is 0.496 e. The number of hydrogen-bond acceptors (Lipinski definition) is 7. The molecule has 31 heavy (non-hydrogen) atoms. The van der Waals surface area contributed by atoms with E-state index < -0.39 is 4.92 Å². The SMILES string of the molecule is COc1ccc([N+](=O)[O-])cc1C(=O)N1CCN(Cc2csc(-c3ccccc3)n2)CC1. The maximum absolute atomic E-state index is 13.0. The van der Waals surface area contributed by atoms with Crippen molar-refractivity contribution >= 4 is 22.9 Å². The first-order valence-corrected chi connectivity index (χ1v) is 10.8. The molecule has 2 aromatic carbocycles. The zero-order valence-electron chi connectivity index (χ0n) is 17.1. The Morgan fingerprint density at radius 1 is 1.16 bits per heavy atom. The molecule has 0 radical (unpaired) electrons. The number of carbonyl (C=O) groups is 1. The normalized spacial score (nSPS) is 14.4. The van der Waals surface area contributed by atoms with Gasteiger partial charge in [0, 0.05) is 55.8 Å². The number of hydrogen-bond donors (Lipinski definition) is 0. The van der Waals surface area contributed by atoms with E-state index in [0.717, 1.165) is 22.8 Å². The summed E-state index contributed by atoms with van der Waals surface area (Å²) in [5, 5.41) is 14.2. The van der Waals surface area contributed by atoms with Crippen molar-refractivity contribution in [2.24, 2.45) is 0 Å². The van der Waals surface area contributed by atoms with Crippen molar-refractivity contribution in [3.05, 3.63) is 75.3 Å². The number of nitro groups is 1. The summed E-state index contributed by atoms with van der Waals surface area (Å²) in [5.74, 6) is 0.0918. The Bertz CT molecular complexity index is 1080. The minimum absolute atomic E-state index is 0.125. The number of amides is 1. The molecule has 1 aliphatic heterocycles. The Kier molecular flexibility index (Phi) is 6.24. The van der Waals surface area contributed by atoms with E-state index in [-0.39, 0.29) is 17.2 Å². The predicted octanol–water partition coefficient (Wildman–Crippen LogP) is 3.68. The van der Waals surface area contributed by atoms with E-state index in [1.807, 2.05) is 18.2 Å². The maximum atomic E-state index is 13.0. The van der Waals surface area contributed by atoms with Crippen LogP contribution in [0.3, 0.4) is 0 Å². The number of nitrogens with zero attached hydrogens (tertiary/aromatic N) is 4. The van der Waals surface area contributed by atoms with Gasteiger partial charge in [0.25, 0.3) is 11.6 Å². The van der Waals surface area contributed by atoms with Crippen LogP contribution in [0.25, 0.3) is 10.6 Å². The van der Waals surface area contributed by atoms with Crippen molar-refractivity contribution in [3.8, 4) is 16.3 Å². The monoisotopic (exact) mass is 438 g/mol. The molecule has 0 spiro atoms. The fraction of sp³-hybridized carbons (Fsp3) is 0.273. The lowest BCUT2D eigenvalue weighted by molar-refractivity contribution is -0.384. The van der Waals surface area contributed by atoms with Gasteiger partial charge in [-0.1, -0.05) is 30.3 Å². The van der Waals surface area contributed by atoms with Crippen molar-refractivity contribution in [1.29, 1.82) is 0 Å². The van der Waals surface area contributed by atoms with Crippen molar-refractivity contribution in [3.63, 3.8) is 0 Å². The molecule has 1 aliphatic rings. The van der Waals surface area contributed by atoms with Crippen LogP contribution < -0.4 is 4.74 Å². The van der Waals surface area contributed by atoms with Gasteiger partial charge in [-0.15, -0.1) is 11.3 Å². The molecule has 3 aromatic rings. The highest BCUT2D eigenvalue weighted by molar-refractivity contribution is 7.13. The quantitative estimate of drug-likeness (QED) is 0.431. The number of nitro benzene ring substituents is 1. The third-order valence-corrected chi connectivity index (χ3v) is 6.18. The zero-order valence-corrected chi connectivity index (χ0v) is 17.9. The van der Waals surface area contributed by atoms with Gasteiger partial charge in [-0.3, -0.25) is 19.8 Å². The fourth-order valence-electron chi connectivity index (χ4n) is 3.58. The summed E-state index contributed by atoms with van der Waals surface area (Å²) < 4.78 is 5.24. The second-order valence-electron chi connectivity index (χ2n) is 7.22. The predicted molar refractivity (Wildman–Crippen MR) is 118 cm³/mol. The van der Waals surface area contributed by atoms with Crippen molar-refractivity contribution in [2.75, 3.05) is 33.3 Å². The van der Waals surface area contributed by atoms with Gasteiger partial charge in [-0.2, -0.15) is 0 Å². The van der Waals surface area contributed by atoms with E-state index in [2.05, 4.69) is 22.4 Å². The molecule has 1 fully saturated rings. The molecule has 0 unspecified atom stereocenters. The van der Waals surface area contributed by atoms with Gasteiger partial charge in [0.05, 0.1) is 23.3 Å². The molecule has 8 nitrogen and oxygen atoms in total. The smallest absolute Gasteiger partial charge is 0.270 e. The molecule has 1 aromatic heterocycles. The third kappa shape index (κ3) is 4.73. The van der Waals surface area contributed by atoms with Crippen molar-refractivity contribution in [2.45, 2.75) is 6.54 Å². The maximum Gasteiger partial charge on any atom is 0.270 e. The van der Waals surface area contributed by atoms with E-state index in [1.165, 1.54) is 25.3 Å². The number of non-ortho nitro benzene ring substituents is 1. The van der Waals surface area contributed by atoms with Gasteiger partial charge in [-0.25, -0.2) is 4.98 Å². The minimum atomic E-state index is -0.508. The first-order chi connectivity index (χ1) is 15.0. The summed E-state index contributed by atoms with van der Waals surface area (Å²) >= 11 is 1.63. The lowest BCUT2D eigenvalue weighted by Crippen LogP contribution is -2.48. The van der Waals surface area contributed by atoms with Gasteiger partial charge in [-0.05, 0) is 6.07 Å². The molecule has 0 atom stereocenters. The molecule has 160 valence electrons. The van der Waals surface area contributed by atoms with Crippen LogP contribution in [0, 0.1) is 10.1 Å². The molecule has 2 heterocycles. The van der Waals surface area contributed by atoms with Gasteiger partial charge >= 0.3 is 0 Å². The summed E-state index contributed by atoms with van der Waals surface area (Å²) in [6, 6.07) is 14.2. The second kappa shape index (κ2) is 9.23. The average Bonchev–Trinajstić information content (AvgIpc) is 3.27. The molecule has 4 rings (SSSR count). The Labute approximate surface area is 183 Å². The summed E-state index contributed by atoms with van der Waals surface area (Å²) in [6.07, 6.45) is 0. The van der Waals surface area contributed by atoms with Crippen LogP contribution in [0.15, 0.2) is 53.9 Å². The number of aromatic nitrogens is 1. The Balaban J connectivity index is 1.38. The van der Waals surface area contributed by atoms with Crippen LogP contribution in [0.5, 0.6) is 5.75 Å². The Morgan fingerprint density at radius 2 is 1.90 bits per heavy atom. The Hall–Kier alpha value is -3.30. The number of piperazine rings is 1. The topological polar surface area (TPSA) is 88.8 Å². The fourth-order valence-corrected chi connectivity index (χ4v) is 4.40.